The van der Waals surface area contributed by atoms with Gasteiger partial charge in [-0.2, -0.15) is 0 Å². The number of benzene rings is 1. The third-order valence-corrected chi connectivity index (χ3v) is 1.45. The van der Waals surface area contributed by atoms with Gasteiger partial charge in [-0.1, -0.05) is 0 Å². The molecule has 0 aliphatic rings. The lowest BCUT2D eigenvalue weighted by Crippen LogP contribution is -1.96. The smallest absolute Gasteiger partial charge is 0.127 e. The van der Waals surface area contributed by atoms with Gasteiger partial charge in [0.1, 0.15) is 5.82 Å². The minimum atomic E-state index is -0.388. The first-order chi connectivity index (χ1) is 4.61. The fourth-order valence-electron chi connectivity index (χ4n) is 0.722. The lowest BCUT2D eigenvalue weighted by molar-refractivity contribution is 0.629. The van der Waals surface area contributed by atoms with Crippen molar-refractivity contribution in [1.82, 2.24) is 0 Å². The van der Waals surface area contributed by atoms with Crippen LogP contribution in [0.25, 0.3) is 0 Å². The molecule has 0 saturated carbocycles. The Morgan fingerprint density at radius 2 is 1.60 bits per heavy atom. The molecule has 0 unspecified atom stereocenters. The van der Waals surface area contributed by atoms with Crippen molar-refractivity contribution in [2.24, 2.45) is 0 Å². The first-order valence-electron chi connectivity index (χ1n) is 2.92. The minimum Gasteiger partial charge on any atom is -0.398 e. The summed E-state index contributed by atoms with van der Waals surface area (Å²) in [6.45, 7) is 1.75. The van der Waals surface area contributed by atoms with Crippen molar-refractivity contribution in [2.75, 3.05) is 11.5 Å². The highest BCUT2D eigenvalue weighted by molar-refractivity contribution is 5.60. The maximum Gasteiger partial charge on any atom is 0.127 e. The van der Waals surface area contributed by atoms with E-state index in [9.17, 15) is 4.39 Å². The monoisotopic (exact) mass is 140 g/mol. The Balaban J connectivity index is 3.31. The maximum atomic E-state index is 12.4. The van der Waals surface area contributed by atoms with Crippen LogP contribution in [0.1, 0.15) is 5.56 Å². The molecule has 4 N–H and O–H groups in total. The second-order valence-electron chi connectivity index (χ2n) is 2.21. The number of nitrogens with two attached hydrogens (primary N) is 2. The zero-order chi connectivity index (χ0) is 7.72. The zero-order valence-electron chi connectivity index (χ0n) is 5.69. The molecule has 0 aromatic heterocycles. The van der Waals surface area contributed by atoms with E-state index < -0.39 is 0 Å². The summed E-state index contributed by atoms with van der Waals surface area (Å²) in [5, 5.41) is 0. The Hall–Kier alpha value is -1.25. The highest BCUT2D eigenvalue weighted by Crippen LogP contribution is 2.19. The molecule has 0 atom stereocenters. The second kappa shape index (κ2) is 2.17. The van der Waals surface area contributed by atoms with Crippen LogP contribution in [0, 0.1) is 12.7 Å². The summed E-state index contributed by atoms with van der Waals surface area (Å²) in [4.78, 5) is 0. The first kappa shape index (κ1) is 6.86. The van der Waals surface area contributed by atoms with Crippen LogP contribution in [0.2, 0.25) is 0 Å². The molecule has 10 heavy (non-hydrogen) atoms. The SMILES string of the molecule is Cc1c(N)cc(F)cc1N. The van der Waals surface area contributed by atoms with E-state index in [4.69, 9.17) is 11.5 Å². The van der Waals surface area contributed by atoms with Gasteiger partial charge in [0.25, 0.3) is 0 Å². The van der Waals surface area contributed by atoms with Gasteiger partial charge >= 0.3 is 0 Å². The summed E-state index contributed by atoms with van der Waals surface area (Å²) >= 11 is 0. The average molecular weight is 140 g/mol. The van der Waals surface area contributed by atoms with Gasteiger partial charge < -0.3 is 11.5 Å². The predicted molar refractivity (Wildman–Crippen MR) is 40.0 cm³/mol. The molecular formula is C7H9FN2. The van der Waals surface area contributed by atoms with E-state index in [1.54, 1.807) is 6.92 Å². The molecule has 0 aliphatic carbocycles. The van der Waals surface area contributed by atoms with Crippen molar-refractivity contribution < 1.29 is 4.39 Å². The molecule has 54 valence electrons. The number of anilines is 2. The fourth-order valence-corrected chi connectivity index (χ4v) is 0.722. The highest BCUT2D eigenvalue weighted by Gasteiger charge is 1.99. The van der Waals surface area contributed by atoms with Crippen molar-refractivity contribution in [3.8, 4) is 0 Å². The van der Waals surface area contributed by atoms with Crippen LogP contribution in [0.5, 0.6) is 0 Å². The van der Waals surface area contributed by atoms with Crippen molar-refractivity contribution in [3.63, 3.8) is 0 Å². The molecular weight excluding hydrogens is 131 g/mol. The predicted octanol–water partition coefficient (Wildman–Crippen LogP) is 1.30. The Morgan fingerprint density at radius 1 is 1.20 bits per heavy atom. The van der Waals surface area contributed by atoms with Crippen molar-refractivity contribution in [1.29, 1.82) is 0 Å². The molecule has 3 heteroatoms. The summed E-state index contributed by atoms with van der Waals surface area (Å²) < 4.78 is 12.4. The van der Waals surface area contributed by atoms with Gasteiger partial charge in [-0.25, -0.2) is 4.39 Å². The Bertz CT molecular complexity index is 235. The molecule has 0 saturated heterocycles. The standard InChI is InChI=1S/C7H9FN2/c1-4-6(9)2-5(8)3-7(4)10/h2-3H,9-10H2,1H3. The van der Waals surface area contributed by atoms with Crippen LogP contribution in [0.15, 0.2) is 12.1 Å². The molecule has 0 heterocycles. The summed E-state index contributed by atoms with van der Waals surface area (Å²) in [7, 11) is 0. The van der Waals surface area contributed by atoms with Crippen LogP contribution in [0.4, 0.5) is 15.8 Å². The van der Waals surface area contributed by atoms with Gasteiger partial charge in [-0.3, -0.25) is 0 Å². The molecule has 1 aromatic rings. The number of nitrogen functional groups attached to an aromatic ring is 2. The van der Waals surface area contributed by atoms with E-state index in [0.717, 1.165) is 5.56 Å². The number of hydrogen-bond acceptors (Lipinski definition) is 2. The van der Waals surface area contributed by atoms with E-state index in [2.05, 4.69) is 0 Å². The number of rotatable bonds is 0. The third kappa shape index (κ3) is 1.03. The summed E-state index contributed by atoms with van der Waals surface area (Å²) in [5.74, 6) is -0.388. The van der Waals surface area contributed by atoms with E-state index >= 15 is 0 Å². The normalized spacial score (nSPS) is 9.80. The van der Waals surface area contributed by atoms with Gasteiger partial charge in [0, 0.05) is 11.4 Å². The maximum absolute atomic E-state index is 12.4. The van der Waals surface area contributed by atoms with Gasteiger partial charge in [-0.05, 0) is 24.6 Å². The van der Waals surface area contributed by atoms with Crippen LogP contribution in [-0.2, 0) is 0 Å². The van der Waals surface area contributed by atoms with Crippen LogP contribution < -0.4 is 11.5 Å². The molecule has 1 aromatic carbocycles. The molecule has 0 amide bonds. The fraction of sp³-hybridized carbons (Fsp3) is 0.143. The van der Waals surface area contributed by atoms with E-state index in [1.807, 2.05) is 0 Å². The number of halogens is 1. The van der Waals surface area contributed by atoms with Crippen molar-refractivity contribution in [3.05, 3.63) is 23.5 Å². The second-order valence-corrected chi connectivity index (χ2v) is 2.21. The Labute approximate surface area is 58.6 Å². The van der Waals surface area contributed by atoms with Crippen LogP contribution in [0.3, 0.4) is 0 Å². The molecule has 0 fully saturated rings. The molecule has 1 rings (SSSR count). The summed E-state index contributed by atoms with van der Waals surface area (Å²) in [5.41, 5.74) is 12.3. The molecule has 2 nitrogen and oxygen atoms in total. The van der Waals surface area contributed by atoms with Gasteiger partial charge in [0.05, 0.1) is 0 Å². The Kier molecular flexibility index (Phi) is 1.49. The topological polar surface area (TPSA) is 52.0 Å². The van der Waals surface area contributed by atoms with Gasteiger partial charge in [0.2, 0.25) is 0 Å². The lowest BCUT2D eigenvalue weighted by atomic mass is 10.1. The van der Waals surface area contributed by atoms with E-state index in [0.29, 0.717) is 11.4 Å². The van der Waals surface area contributed by atoms with E-state index in [1.165, 1.54) is 12.1 Å². The first-order valence-corrected chi connectivity index (χ1v) is 2.92. The highest BCUT2D eigenvalue weighted by atomic mass is 19.1. The quantitative estimate of drug-likeness (QED) is 0.533. The Morgan fingerprint density at radius 3 is 2.00 bits per heavy atom. The number of hydrogen-bond donors (Lipinski definition) is 2. The minimum absolute atomic E-state index is 0.388. The van der Waals surface area contributed by atoms with Crippen molar-refractivity contribution in [2.45, 2.75) is 6.92 Å². The zero-order valence-corrected chi connectivity index (χ0v) is 5.69. The van der Waals surface area contributed by atoms with Crippen LogP contribution in [-0.4, -0.2) is 0 Å². The average Bonchev–Trinajstić information content (AvgIpc) is 1.82. The summed E-state index contributed by atoms with van der Waals surface area (Å²) in [6.07, 6.45) is 0. The summed E-state index contributed by atoms with van der Waals surface area (Å²) in [6, 6.07) is 2.51. The molecule has 0 radical (unpaired) electrons. The third-order valence-electron chi connectivity index (χ3n) is 1.45. The lowest BCUT2D eigenvalue weighted by Gasteiger charge is -2.02. The van der Waals surface area contributed by atoms with Gasteiger partial charge in [0.15, 0.2) is 0 Å². The van der Waals surface area contributed by atoms with E-state index in [-0.39, 0.29) is 5.82 Å². The molecule has 0 aliphatic heterocycles. The van der Waals surface area contributed by atoms with Gasteiger partial charge in [-0.15, -0.1) is 0 Å². The van der Waals surface area contributed by atoms with Crippen molar-refractivity contribution >= 4 is 11.4 Å². The molecule has 0 spiro atoms. The molecule has 0 bridgehead atoms. The van der Waals surface area contributed by atoms with Crippen LogP contribution >= 0.6 is 0 Å². The largest absolute Gasteiger partial charge is 0.398 e.